The van der Waals surface area contributed by atoms with Crippen LogP contribution >= 0.6 is 0 Å². The highest BCUT2D eigenvalue weighted by Crippen LogP contribution is 2.13. The van der Waals surface area contributed by atoms with Crippen LogP contribution in [0.15, 0.2) is 42.6 Å². The van der Waals surface area contributed by atoms with Crippen molar-refractivity contribution in [3.05, 3.63) is 59.7 Å². The molecule has 88 valence electrons. The second-order valence-electron chi connectivity index (χ2n) is 3.69. The van der Waals surface area contributed by atoms with Crippen molar-refractivity contribution in [2.75, 3.05) is 5.32 Å². The monoisotopic (exact) mass is 231 g/mol. The van der Waals surface area contributed by atoms with Gasteiger partial charge in [-0.25, -0.2) is 4.39 Å². The predicted octanol–water partition coefficient (Wildman–Crippen LogP) is 2.29. The molecule has 0 spiro atoms. The average Bonchev–Trinajstić information content (AvgIpc) is 2.38. The zero-order valence-electron chi connectivity index (χ0n) is 9.36. The lowest BCUT2D eigenvalue weighted by Gasteiger charge is -2.08. The van der Waals surface area contributed by atoms with Gasteiger partial charge in [-0.1, -0.05) is 12.1 Å². The Kier molecular flexibility index (Phi) is 3.67. The number of halogens is 1. The molecule has 0 amide bonds. The van der Waals surface area contributed by atoms with Crippen molar-refractivity contribution in [1.82, 2.24) is 4.98 Å². The summed E-state index contributed by atoms with van der Waals surface area (Å²) < 4.78 is 13.3. The van der Waals surface area contributed by atoms with Crippen LogP contribution in [0.4, 0.5) is 10.1 Å². The summed E-state index contributed by atoms with van der Waals surface area (Å²) >= 11 is 0. The molecule has 0 radical (unpaired) electrons. The van der Waals surface area contributed by atoms with E-state index in [9.17, 15) is 4.39 Å². The number of aromatic nitrogens is 1. The number of hydrogen-bond acceptors (Lipinski definition) is 3. The molecule has 0 aliphatic heterocycles. The number of anilines is 1. The van der Waals surface area contributed by atoms with Crippen molar-refractivity contribution in [1.29, 1.82) is 0 Å². The summed E-state index contributed by atoms with van der Waals surface area (Å²) in [6.45, 7) is 0.962. The largest absolute Gasteiger partial charge is 0.379 e. The van der Waals surface area contributed by atoms with E-state index in [-0.39, 0.29) is 5.82 Å². The predicted molar refractivity (Wildman–Crippen MR) is 65.9 cm³/mol. The van der Waals surface area contributed by atoms with Crippen molar-refractivity contribution in [3.8, 4) is 0 Å². The normalized spacial score (nSPS) is 10.2. The molecular weight excluding hydrogens is 217 g/mol. The SMILES string of the molecule is NCc1cc(CNc2ccccc2F)ccn1. The molecule has 0 saturated carbocycles. The molecule has 0 unspecified atom stereocenters. The minimum absolute atomic E-state index is 0.249. The summed E-state index contributed by atoms with van der Waals surface area (Å²) in [7, 11) is 0. The van der Waals surface area contributed by atoms with Gasteiger partial charge in [0.2, 0.25) is 0 Å². The first-order valence-corrected chi connectivity index (χ1v) is 5.42. The molecule has 0 saturated heterocycles. The summed E-state index contributed by atoms with van der Waals surface area (Å²) in [5.74, 6) is -0.249. The van der Waals surface area contributed by atoms with Crippen LogP contribution in [-0.2, 0) is 13.1 Å². The molecular formula is C13H14FN3. The molecule has 2 rings (SSSR count). The molecule has 0 aliphatic carbocycles. The maximum absolute atomic E-state index is 13.3. The van der Waals surface area contributed by atoms with E-state index >= 15 is 0 Å². The fourth-order valence-electron chi connectivity index (χ4n) is 1.55. The van der Waals surface area contributed by atoms with Crippen molar-refractivity contribution >= 4 is 5.69 Å². The number of rotatable bonds is 4. The molecule has 0 aliphatic rings. The summed E-state index contributed by atoms with van der Waals surface area (Å²) in [6.07, 6.45) is 1.71. The standard InChI is InChI=1S/C13H14FN3/c14-12-3-1-2-4-13(12)17-9-10-5-6-16-11(7-10)8-15/h1-7,17H,8-9,15H2. The average molecular weight is 231 g/mol. The summed E-state index contributed by atoms with van der Waals surface area (Å²) in [4.78, 5) is 4.10. The number of nitrogens with zero attached hydrogens (tertiary/aromatic N) is 1. The minimum atomic E-state index is -0.249. The Balaban J connectivity index is 2.05. The molecule has 4 heteroatoms. The molecule has 17 heavy (non-hydrogen) atoms. The van der Waals surface area contributed by atoms with Gasteiger partial charge < -0.3 is 11.1 Å². The Hall–Kier alpha value is -1.94. The number of para-hydroxylation sites is 1. The molecule has 1 heterocycles. The van der Waals surface area contributed by atoms with Crippen LogP contribution in [0.1, 0.15) is 11.3 Å². The van der Waals surface area contributed by atoms with E-state index < -0.39 is 0 Å². The number of benzene rings is 1. The molecule has 1 aromatic heterocycles. The maximum atomic E-state index is 13.3. The van der Waals surface area contributed by atoms with Crippen LogP contribution in [0.3, 0.4) is 0 Å². The molecule has 3 N–H and O–H groups in total. The van der Waals surface area contributed by atoms with Crippen molar-refractivity contribution in [2.45, 2.75) is 13.1 Å². The van der Waals surface area contributed by atoms with Gasteiger partial charge in [-0.2, -0.15) is 0 Å². The lowest BCUT2D eigenvalue weighted by Crippen LogP contribution is -2.04. The summed E-state index contributed by atoms with van der Waals surface area (Å²) in [5, 5.41) is 3.04. The first-order valence-electron chi connectivity index (χ1n) is 5.42. The summed E-state index contributed by atoms with van der Waals surface area (Å²) in [6, 6.07) is 10.4. The van der Waals surface area contributed by atoms with E-state index in [4.69, 9.17) is 5.73 Å². The van der Waals surface area contributed by atoms with Crippen LogP contribution in [0.5, 0.6) is 0 Å². The number of pyridine rings is 1. The Morgan fingerprint density at radius 1 is 1.24 bits per heavy atom. The number of nitrogens with two attached hydrogens (primary N) is 1. The van der Waals surface area contributed by atoms with Gasteiger partial charge in [0.05, 0.1) is 11.4 Å². The molecule has 0 fully saturated rings. The third-order valence-corrected chi connectivity index (χ3v) is 2.45. The molecule has 1 aromatic carbocycles. The molecule has 0 atom stereocenters. The lowest BCUT2D eigenvalue weighted by atomic mass is 10.2. The molecule has 0 bridgehead atoms. The number of nitrogens with one attached hydrogen (secondary N) is 1. The Labute approximate surface area is 99.5 Å². The van der Waals surface area contributed by atoms with E-state index in [2.05, 4.69) is 10.3 Å². The van der Waals surface area contributed by atoms with E-state index in [1.165, 1.54) is 6.07 Å². The van der Waals surface area contributed by atoms with Gasteiger partial charge >= 0.3 is 0 Å². The highest BCUT2D eigenvalue weighted by Gasteiger charge is 2.00. The lowest BCUT2D eigenvalue weighted by molar-refractivity contribution is 0.630. The van der Waals surface area contributed by atoms with Gasteiger partial charge in [0.1, 0.15) is 5.82 Å². The maximum Gasteiger partial charge on any atom is 0.146 e. The first kappa shape index (κ1) is 11.5. The van der Waals surface area contributed by atoms with Crippen LogP contribution in [0.2, 0.25) is 0 Å². The van der Waals surface area contributed by atoms with E-state index in [0.29, 0.717) is 18.8 Å². The van der Waals surface area contributed by atoms with E-state index in [1.807, 2.05) is 12.1 Å². The molecule has 2 aromatic rings. The van der Waals surface area contributed by atoms with Crippen molar-refractivity contribution in [2.24, 2.45) is 5.73 Å². The third kappa shape index (κ3) is 3.01. The quantitative estimate of drug-likeness (QED) is 0.848. The Bertz CT molecular complexity index is 500. The highest BCUT2D eigenvalue weighted by molar-refractivity contribution is 5.44. The zero-order chi connectivity index (χ0) is 12.1. The molecule has 3 nitrogen and oxygen atoms in total. The Morgan fingerprint density at radius 2 is 2.06 bits per heavy atom. The smallest absolute Gasteiger partial charge is 0.146 e. The fraction of sp³-hybridized carbons (Fsp3) is 0.154. The van der Waals surface area contributed by atoms with Gasteiger partial charge in [-0.3, -0.25) is 4.98 Å². The Morgan fingerprint density at radius 3 is 2.82 bits per heavy atom. The van der Waals surface area contributed by atoms with Crippen LogP contribution in [0, 0.1) is 5.82 Å². The van der Waals surface area contributed by atoms with Gasteiger partial charge in [0.25, 0.3) is 0 Å². The van der Waals surface area contributed by atoms with Gasteiger partial charge in [0.15, 0.2) is 0 Å². The van der Waals surface area contributed by atoms with Crippen LogP contribution in [-0.4, -0.2) is 4.98 Å². The summed E-state index contributed by atoms with van der Waals surface area (Å²) in [5.41, 5.74) is 7.87. The second kappa shape index (κ2) is 5.41. The minimum Gasteiger partial charge on any atom is -0.379 e. The third-order valence-electron chi connectivity index (χ3n) is 2.45. The van der Waals surface area contributed by atoms with Crippen molar-refractivity contribution < 1.29 is 4.39 Å². The second-order valence-corrected chi connectivity index (χ2v) is 3.69. The highest BCUT2D eigenvalue weighted by atomic mass is 19.1. The van der Waals surface area contributed by atoms with Gasteiger partial charge in [-0.05, 0) is 29.8 Å². The van der Waals surface area contributed by atoms with Crippen LogP contribution in [0.25, 0.3) is 0 Å². The first-order chi connectivity index (χ1) is 8.29. The van der Waals surface area contributed by atoms with Crippen molar-refractivity contribution in [3.63, 3.8) is 0 Å². The van der Waals surface area contributed by atoms with Gasteiger partial charge in [0, 0.05) is 19.3 Å². The zero-order valence-corrected chi connectivity index (χ0v) is 9.36. The van der Waals surface area contributed by atoms with Gasteiger partial charge in [-0.15, -0.1) is 0 Å². The number of hydrogen-bond donors (Lipinski definition) is 2. The topological polar surface area (TPSA) is 50.9 Å². The van der Waals surface area contributed by atoms with E-state index in [0.717, 1.165) is 11.3 Å². The van der Waals surface area contributed by atoms with E-state index in [1.54, 1.807) is 24.4 Å². The van der Waals surface area contributed by atoms with Crippen LogP contribution < -0.4 is 11.1 Å². The fourth-order valence-corrected chi connectivity index (χ4v) is 1.55.